The van der Waals surface area contributed by atoms with Gasteiger partial charge in [-0.3, -0.25) is 4.79 Å². The van der Waals surface area contributed by atoms with Crippen LogP contribution in [0.1, 0.15) is 0 Å². The van der Waals surface area contributed by atoms with Crippen molar-refractivity contribution in [2.75, 3.05) is 32.7 Å². The normalized spacial score (nSPS) is 9.86. The molecule has 1 aromatic heterocycles. The van der Waals surface area contributed by atoms with Crippen LogP contribution in [0.4, 0.5) is 5.82 Å². The van der Waals surface area contributed by atoms with Crippen LogP contribution in [-0.2, 0) is 4.74 Å². The van der Waals surface area contributed by atoms with Gasteiger partial charge in [0.05, 0.1) is 20.0 Å². The number of methoxy groups -OCH3 is 2. The monoisotopic (exact) mass is 199 g/mol. The van der Waals surface area contributed by atoms with E-state index in [4.69, 9.17) is 9.47 Å². The van der Waals surface area contributed by atoms with Gasteiger partial charge in [-0.2, -0.15) is 0 Å². The zero-order valence-electron chi connectivity index (χ0n) is 8.16. The van der Waals surface area contributed by atoms with E-state index >= 15 is 0 Å². The van der Waals surface area contributed by atoms with Gasteiger partial charge >= 0.3 is 0 Å². The lowest BCUT2D eigenvalue weighted by molar-refractivity contribution is 0.210. The summed E-state index contributed by atoms with van der Waals surface area (Å²) in [5.41, 5.74) is -0.303. The van der Waals surface area contributed by atoms with Crippen LogP contribution in [-0.4, -0.2) is 37.3 Å². The molecular weight excluding hydrogens is 186 g/mol. The molecule has 6 heteroatoms. The van der Waals surface area contributed by atoms with Crippen LogP contribution in [0.15, 0.2) is 11.1 Å². The fourth-order valence-electron chi connectivity index (χ4n) is 0.974. The zero-order valence-corrected chi connectivity index (χ0v) is 8.16. The van der Waals surface area contributed by atoms with Crippen LogP contribution in [0.3, 0.4) is 0 Å². The number of ether oxygens (including phenoxy) is 2. The highest BCUT2D eigenvalue weighted by molar-refractivity contribution is 5.47. The lowest BCUT2D eigenvalue weighted by atomic mass is 10.5. The van der Waals surface area contributed by atoms with Crippen molar-refractivity contribution < 1.29 is 9.47 Å². The molecule has 0 aromatic carbocycles. The molecule has 6 nitrogen and oxygen atoms in total. The van der Waals surface area contributed by atoms with E-state index in [0.29, 0.717) is 19.0 Å². The van der Waals surface area contributed by atoms with E-state index in [1.165, 1.54) is 13.4 Å². The summed E-state index contributed by atoms with van der Waals surface area (Å²) in [6, 6.07) is 0. The zero-order chi connectivity index (χ0) is 10.4. The first kappa shape index (κ1) is 10.5. The second-order valence-electron chi connectivity index (χ2n) is 2.53. The Morgan fingerprint density at radius 3 is 3.00 bits per heavy atom. The molecule has 1 aromatic rings. The minimum atomic E-state index is -0.303. The molecule has 1 heterocycles. The Balaban J connectivity index is 2.75. The van der Waals surface area contributed by atoms with E-state index in [2.05, 4.69) is 15.3 Å². The molecule has 0 unspecified atom stereocenters. The molecule has 0 aliphatic heterocycles. The van der Waals surface area contributed by atoms with Crippen molar-refractivity contribution in [3.05, 3.63) is 16.7 Å². The number of hydrogen-bond donors (Lipinski definition) is 2. The average molecular weight is 199 g/mol. The van der Waals surface area contributed by atoms with Crippen molar-refractivity contribution in [3.63, 3.8) is 0 Å². The molecule has 0 aliphatic carbocycles. The van der Waals surface area contributed by atoms with Crippen LogP contribution in [0.5, 0.6) is 5.75 Å². The van der Waals surface area contributed by atoms with Crippen molar-refractivity contribution in [3.8, 4) is 5.75 Å². The van der Waals surface area contributed by atoms with E-state index in [9.17, 15) is 4.79 Å². The number of anilines is 1. The van der Waals surface area contributed by atoms with Crippen LogP contribution in [0.2, 0.25) is 0 Å². The second kappa shape index (κ2) is 5.23. The fraction of sp³-hybridized carbons (Fsp3) is 0.500. The van der Waals surface area contributed by atoms with Gasteiger partial charge in [-0.25, -0.2) is 4.98 Å². The van der Waals surface area contributed by atoms with Crippen molar-refractivity contribution in [1.82, 2.24) is 9.97 Å². The van der Waals surface area contributed by atoms with E-state index in [0.717, 1.165) is 0 Å². The summed E-state index contributed by atoms with van der Waals surface area (Å²) in [5, 5.41) is 2.92. The summed E-state index contributed by atoms with van der Waals surface area (Å²) in [6.45, 7) is 1.11. The highest BCUT2D eigenvalue weighted by Gasteiger charge is 2.07. The first-order chi connectivity index (χ1) is 6.79. The number of rotatable bonds is 5. The van der Waals surface area contributed by atoms with Gasteiger partial charge in [0, 0.05) is 13.7 Å². The maximum Gasteiger partial charge on any atom is 0.295 e. The molecule has 0 fully saturated rings. The Hall–Kier alpha value is -1.56. The minimum Gasteiger partial charge on any atom is -0.489 e. The fourth-order valence-corrected chi connectivity index (χ4v) is 0.974. The third-order valence-corrected chi connectivity index (χ3v) is 1.61. The SMILES string of the molecule is COCCNc1nc[nH]c(=O)c1OC. The summed E-state index contributed by atoms with van der Waals surface area (Å²) >= 11 is 0. The summed E-state index contributed by atoms with van der Waals surface area (Å²) < 4.78 is 9.75. The summed E-state index contributed by atoms with van der Waals surface area (Å²) in [7, 11) is 3.03. The molecule has 0 atom stereocenters. The number of hydrogen-bond acceptors (Lipinski definition) is 5. The number of nitrogens with one attached hydrogen (secondary N) is 2. The summed E-state index contributed by atoms with van der Waals surface area (Å²) in [6.07, 6.45) is 1.32. The Bertz CT molecular complexity index is 337. The molecule has 1 rings (SSSR count). The summed E-state index contributed by atoms with van der Waals surface area (Å²) in [4.78, 5) is 17.6. The van der Waals surface area contributed by atoms with Gasteiger partial charge in [0.15, 0.2) is 5.82 Å². The van der Waals surface area contributed by atoms with Crippen molar-refractivity contribution in [2.45, 2.75) is 0 Å². The molecule has 78 valence electrons. The molecule has 14 heavy (non-hydrogen) atoms. The number of nitrogens with zero attached hydrogens (tertiary/aromatic N) is 1. The van der Waals surface area contributed by atoms with E-state index in [1.807, 2.05) is 0 Å². The van der Waals surface area contributed by atoms with Crippen LogP contribution >= 0.6 is 0 Å². The molecular formula is C8H13N3O3. The van der Waals surface area contributed by atoms with Gasteiger partial charge in [0.25, 0.3) is 5.56 Å². The van der Waals surface area contributed by atoms with Crippen molar-refractivity contribution >= 4 is 5.82 Å². The summed E-state index contributed by atoms with van der Waals surface area (Å²) in [5.74, 6) is 0.608. The van der Waals surface area contributed by atoms with E-state index < -0.39 is 0 Å². The largest absolute Gasteiger partial charge is 0.489 e. The van der Waals surface area contributed by atoms with Gasteiger partial charge in [-0.1, -0.05) is 0 Å². The minimum absolute atomic E-state index is 0.184. The van der Waals surface area contributed by atoms with Crippen LogP contribution < -0.4 is 15.6 Å². The Morgan fingerprint density at radius 1 is 1.57 bits per heavy atom. The van der Waals surface area contributed by atoms with Gasteiger partial charge in [-0.15, -0.1) is 0 Å². The average Bonchev–Trinajstić information content (AvgIpc) is 2.18. The van der Waals surface area contributed by atoms with Crippen molar-refractivity contribution in [1.29, 1.82) is 0 Å². The number of aromatic nitrogens is 2. The first-order valence-electron chi connectivity index (χ1n) is 4.14. The predicted octanol–water partition coefficient (Wildman–Crippen LogP) is -0.163. The van der Waals surface area contributed by atoms with Crippen LogP contribution in [0, 0.1) is 0 Å². The molecule has 2 N–H and O–H groups in total. The van der Waals surface area contributed by atoms with E-state index in [-0.39, 0.29) is 11.3 Å². The lowest BCUT2D eigenvalue weighted by Crippen LogP contribution is -2.16. The Labute approximate surface area is 81.3 Å². The molecule has 0 aliphatic rings. The maximum atomic E-state index is 11.2. The van der Waals surface area contributed by atoms with Gasteiger partial charge in [0.1, 0.15) is 0 Å². The molecule has 0 spiro atoms. The molecule has 0 bridgehead atoms. The lowest BCUT2D eigenvalue weighted by Gasteiger charge is -2.07. The smallest absolute Gasteiger partial charge is 0.295 e. The highest BCUT2D eigenvalue weighted by atomic mass is 16.5. The van der Waals surface area contributed by atoms with Gasteiger partial charge < -0.3 is 19.8 Å². The first-order valence-corrected chi connectivity index (χ1v) is 4.14. The second-order valence-corrected chi connectivity index (χ2v) is 2.53. The highest BCUT2D eigenvalue weighted by Crippen LogP contribution is 2.13. The predicted molar refractivity (Wildman–Crippen MR) is 51.8 cm³/mol. The third kappa shape index (κ3) is 2.46. The molecule has 0 amide bonds. The van der Waals surface area contributed by atoms with Crippen LogP contribution in [0.25, 0.3) is 0 Å². The molecule has 0 radical (unpaired) electrons. The quantitative estimate of drug-likeness (QED) is 0.644. The topological polar surface area (TPSA) is 76.2 Å². The van der Waals surface area contributed by atoms with Gasteiger partial charge in [0.2, 0.25) is 5.75 Å². The Morgan fingerprint density at radius 2 is 2.36 bits per heavy atom. The molecule has 0 saturated carbocycles. The van der Waals surface area contributed by atoms with Crippen molar-refractivity contribution in [2.24, 2.45) is 0 Å². The third-order valence-electron chi connectivity index (χ3n) is 1.61. The maximum absolute atomic E-state index is 11.2. The molecule has 0 saturated heterocycles. The van der Waals surface area contributed by atoms with E-state index in [1.54, 1.807) is 7.11 Å². The Kier molecular flexibility index (Phi) is 3.93. The number of H-pyrrole nitrogens is 1. The number of aromatic amines is 1. The standard InChI is InChI=1S/C8H13N3O3/c1-13-4-3-9-7-6(14-2)8(12)11-5-10-7/h5H,3-4H2,1-2H3,(H2,9,10,11,12). The van der Waals surface area contributed by atoms with Gasteiger partial charge in [-0.05, 0) is 0 Å².